The van der Waals surface area contributed by atoms with Gasteiger partial charge in [0.1, 0.15) is 6.10 Å². The Hall–Kier alpha value is -2.35. The normalized spacial score (nSPS) is 14.7. The number of rotatable bonds is 4. The fourth-order valence-corrected chi connectivity index (χ4v) is 2.26. The number of nitro groups is 1. The zero-order valence-corrected chi connectivity index (χ0v) is 11.6. The Morgan fingerprint density at radius 3 is 2.81 bits per heavy atom. The Morgan fingerprint density at radius 2 is 2.24 bits per heavy atom. The van der Waals surface area contributed by atoms with E-state index in [4.69, 9.17) is 21.4 Å². The zero-order chi connectivity index (χ0) is 15.0. The first-order valence-corrected chi connectivity index (χ1v) is 6.81. The molecular formula is C13H10N2O5S. The first-order chi connectivity index (χ1) is 10.1. The number of non-ortho nitro benzene ring substituents is 1. The van der Waals surface area contributed by atoms with Crippen molar-refractivity contribution >= 4 is 34.2 Å². The van der Waals surface area contributed by atoms with E-state index < -0.39 is 10.5 Å². The molecule has 0 aliphatic heterocycles. The molecule has 0 N–H and O–H groups in total. The van der Waals surface area contributed by atoms with Crippen molar-refractivity contribution in [3.05, 3.63) is 38.2 Å². The van der Waals surface area contributed by atoms with E-state index in [1.807, 2.05) is 0 Å². The van der Waals surface area contributed by atoms with E-state index in [1.165, 1.54) is 17.5 Å². The van der Waals surface area contributed by atoms with Gasteiger partial charge in [-0.15, -0.1) is 0 Å². The maximum Gasteiger partial charge on any atom is 0.397 e. The van der Waals surface area contributed by atoms with Gasteiger partial charge in [0, 0.05) is 23.1 Å². The molecule has 8 heteroatoms. The van der Waals surface area contributed by atoms with Gasteiger partial charge in [-0.1, -0.05) is 12.2 Å². The minimum atomic E-state index is -0.666. The van der Waals surface area contributed by atoms with Gasteiger partial charge in [0.05, 0.1) is 15.8 Å². The smallest absolute Gasteiger partial charge is 0.397 e. The predicted molar refractivity (Wildman–Crippen MR) is 78.0 cm³/mol. The quantitative estimate of drug-likeness (QED) is 0.486. The van der Waals surface area contributed by atoms with Gasteiger partial charge in [-0.2, -0.15) is 4.98 Å². The Balaban J connectivity index is 2.16. The van der Waals surface area contributed by atoms with Crippen LogP contribution in [0.5, 0.6) is 6.08 Å². The number of aromatic nitrogens is 1. The number of hydrogen-bond donors (Lipinski definition) is 0. The van der Waals surface area contributed by atoms with Crippen LogP contribution in [-0.2, 0) is 0 Å². The zero-order valence-electron chi connectivity index (χ0n) is 10.8. The van der Waals surface area contributed by atoms with Crippen LogP contribution in [0.4, 0.5) is 5.69 Å². The van der Waals surface area contributed by atoms with Crippen LogP contribution >= 0.6 is 12.2 Å². The second-order valence-electron chi connectivity index (χ2n) is 4.74. The average Bonchev–Trinajstić information content (AvgIpc) is 2.41. The summed E-state index contributed by atoms with van der Waals surface area (Å²) in [6.45, 7) is 0. The van der Waals surface area contributed by atoms with Gasteiger partial charge < -0.3 is 9.15 Å². The summed E-state index contributed by atoms with van der Waals surface area (Å²) in [5.74, 6) is 0. The average molecular weight is 306 g/mol. The minimum Gasteiger partial charge on any atom is -0.447 e. The number of nitrogens with zero attached hydrogens (tertiary/aromatic N) is 2. The highest BCUT2D eigenvalue weighted by molar-refractivity contribution is 7.79. The molecule has 108 valence electrons. The van der Waals surface area contributed by atoms with E-state index in [9.17, 15) is 14.9 Å². The number of nitro benzene ring substituents is 1. The van der Waals surface area contributed by atoms with Crippen LogP contribution in [0.25, 0.3) is 10.9 Å². The maximum absolute atomic E-state index is 12.0. The lowest BCUT2D eigenvalue weighted by molar-refractivity contribution is -0.384. The van der Waals surface area contributed by atoms with Crippen molar-refractivity contribution in [2.45, 2.75) is 25.4 Å². The second-order valence-corrected chi connectivity index (χ2v) is 4.98. The third-order valence-corrected chi connectivity index (χ3v) is 3.64. The second kappa shape index (κ2) is 5.21. The molecule has 3 rings (SSSR count). The van der Waals surface area contributed by atoms with Crippen molar-refractivity contribution in [1.29, 1.82) is 0 Å². The lowest BCUT2D eigenvalue weighted by Gasteiger charge is -2.24. The molecule has 1 aromatic heterocycles. The fourth-order valence-electron chi connectivity index (χ4n) is 2.08. The summed E-state index contributed by atoms with van der Waals surface area (Å²) in [5.41, 5.74) is -0.469. The van der Waals surface area contributed by atoms with Crippen molar-refractivity contribution in [3.8, 4) is 6.08 Å². The SMILES string of the molecule is O=c1oc(OC2CCC2)nc2cc([N+](=O)[O-])cc(C=S)c12. The molecule has 1 saturated carbocycles. The van der Waals surface area contributed by atoms with Gasteiger partial charge in [-0.25, -0.2) is 4.79 Å². The molecule has 0 amide bonds. The Morgan fingerprint density at radius 1 is 1.48 bits per heavy atom. The van der Waals surface area contributed by atoms with Crippen LogP contribution in [0, 0.1) is 10.1 Å². The Labute approximate surface area is 123 Å². The van der Waals surface area contributed by atoms with E-state index >= 15 is 0 Å². The van der Waals surface area contributed by atoms with Gasteiger partial charge in [0.15, 0.2) is 0 Å². The van der Waals surface area contributed by atoms with Crippen LogP contribution in [0.2, 0.25) is 0 Å². The minimum absolute atomic E-state index is 0.0122. The summed E-state index contributed by atoms with van der Waals surface area (Å²) < 4.78 is 10.4. The van der Waals surface area contributed by atoms with Crippen molar-refractivity contribution in [1.82, 2.24) is 4.98 Å². The Kier molecular flexibility index (Phi) is 3.38. The number of fused-ring (bicyclic) bond motifs is 1. The van der Waals surface area contributed by atoms with Gasteiger partial charge in [-0.05, 0) is 19.3 Å². The number of hydrogen-bond acceptors (Lipinski definition) is 7. The molecule has 1 heterocycles. The van der Waals surface area contributed by atoms with E-state index in [1.54, 1.807) is 0 Å². The summed E-state index contributed by atoms with van der Waals surface area (Å²) in [7, 11) is 0. The molecule has 1 aliphatic carbocycles. The van der Waals surface area contributed by atoms with Crippen LogP contribution in [0.3, 0.4) is 0 Å². The molecule has 21 heavy (non-hydrogen) atoms. The Bertz CT molecular complexity index is 797. The third kappa shape index (κ3) is 2.49. The van der Waals surface area contributed by atoms with Crippen molar-refractivity contribution in [3.63, 3.8) is 0 Å². The molecule has 1 aliphatic rings. The molecule has 0 atom stereocenters. The summed E-state index contributed by atoms with van der Waals surface area (Å²) in [5, 5.41) is 12.2. The fraction of sp³-hybridized carbons (Fsp3) is 0.308. The maximum atomic E-state index is 12.0. The van der Waals surface area contributed by atoms with Gasteiger partial charge in [-0.3, -0.25) is 10.1 Å². The molecule has 0 radical (unpaired) electrons. The lowest BCUT2D eigenvalue weighted by atomic mass is 9.96. The predicted octanol–water partition coefficient (Wildman–Crippen LogP) is 2.38. The van der Waals surface area contributed by atoms with Crippen molar-refractivity contribution < 1.29 is 14.1 Å². The van der Waals surface area contributed by atoms with Crippen LogP contribution in [-0.4, -0.2) is 21.4 Å². The molecule has 0 bridgehead atoms. The van der Waals surface area contributed by atoms with Crippen LogP contribution in [0.1, 0.15) is 24.8 Å². The lowest BCUT2D eigenvalue weighted by Crippen LogP contribution is -2.25. The standard InChI is InChI=1S/C13H10N2O5S/c16-12-11-7(6-21)4-8(15(17)18)5-10(11)14-13(20-12)19-9-2-1-3-9/h4-6,9H,1-3H2. The highest BCUT2D eigenvalue weighted by Gasteiger charge is 2.22. The molecule has 7 nitrogen and oxygen atoms in total. The largest absolute Gasteiger partial charge is 0.447 e. The molecule has 0 saturated heterocycles. The number of benzene rings is 1. The van der Waals surface area contributed by atoms with Crippen molar-refractivity contribution in [2.24, 2.45) is 0 Å². The van der Waals surface area contributed by atoms with Crippen LogP contribution < -0.4 is 10.4 Å². The first kappa shape index (κ1) is 13.6. The topological polar surface area (TPSA) is 95.5 Å². The first-order valence-electron chi connectivity index (χ1n) is 6.33. The monoisotopic (exact) mass is 306 g/mol. The number of ether oxygens (including phenoxy) is 1. The molecule has 1 fully saturated rings. The van der Waals surface area contributed by atoms with E-state index in [0.717, 1.165) is 19.3 Å². The molecule has 1 aromatic carbocycles. The third-order valence-electron chi connectivity index (χ3n) is 3.39. The summed E-state index contributed by atoms with van der Waals surface area (Å²) in [4.78, 5) is 26.4. The van der Waals surface area contributed by atoms with E-state index in [-0.39, 0.29) is 34.3 Å². The number of thiocarbonyl (C=S) groups is 1. The van der Waals surface area contributed by atoms with Crippen LogP contribution in [0.15, 0.2) is 21.3 Å². The summed E-state index contributed by atoms with van der Waals surface area (Å²) in [6.07, 6.45) is 2.64. The van der Waals surface area contributed by atoms with E-state index in [0.29, 0.717) is 0 Å². The highest BCUT2D eigenvalue weighted by Crippen LogP contribution is 2.26. The van der Waals surface area contributed by atoms with Gasteiger partial charge in [0.2, 0.25) is 0 Å². The van der Waals surface area contributed by atoms with E-state index in [2.05, 4.69) is 4.98 Å². The molecule has 2 aromatic rings. The molecule has 0 spiro atoms. The summed E-state index contributed by atoms with van der Waals surface area (Å²) in [6, 6.07) is 2.43. The van der Waals surface area contributed by atoms with Crippen molar-refractivity contribution in [2.75, 3.05) is 0 Å². The molecule has 0 unspecified atom stereocenters. The van der Waals surface area contributed by atoms with Gasteiger partial charge in [0.25, 0.3) is 5.69 Å². The molecular weight excluding hydrogens is 296 g/mol. The summed E-state index contributed by atoms with van der Waals surface area (Å²) >= 11 is 4.80. The highest BCUT2D eigenvalue weighted by atomic mass is 32.1. The van der Waals surface area contributed by atoms with Gasteiger partial charge >= 0.3 is 11.7 Å².